The van der Waals surface area contributed by atoms with Gasteiger partial charge in [-0.1, -0.05) is 26.7 Å². The summed E-state index contributed by atoms with van der Waals surface area (Å²) in [6.07, 6.45) is 3.50. The predicted octanol–water partition coefficient (Wildman–Crippen LogP) is 2.29. The summed E-state index contributed by atoms with van der Waals surface area (Å²) >= 11 is 0. The van der Waals surface area contributed by atoms with Crippen LogP contribution in [-0.4, -0.2) is 11.9 Å². The quantitative estimate of drug-likeness (QED) is 0.488. The molecule has 13 heavy (non-hydrogen) atoms. The molecule has 3 nitrogen and oxygen atoms in total. The third kappa shape index (κ3) is 5.39. The lowest BCUT2D eigenvalue weighted by Crippen LogP contribution is -2.19. The van der Waals surface area contributed by atoms with E-state index in [1.54, 1.807) is 0 Å². The van der Waals surface area contributed by atoms with Gasteiger partial charge in [-0.25, -0.2) is 0 Å². The van der Waals surface area contributed by atoms with Crippen LogP contribution in [0.4, 0.5) is 0 Å². The zero-order valence-electron chi connectivity index (χ0n) is 8.63. The second-order valence-corrected chi connectivity index (χ2v) is 3.19. The average Bonchev–Trinajstić information content (AvgIpc) is 2.02. The van der Waals surface area contributed by atoms with Crippen LogP contribution in [-0.2, 0) is 14.3 Å². The zero-order valence-corrected chi connectivity index (χ0v) is 8.63. The lowest BCUT2D eigenvalue weighted by atomic mass is 9.99. The lowest BCUT2D eigenvalue weighted by molar-refractivity contribution is -0.161. The van der Waals surface area contributed by atoms with Crippen LogP contribution in [0.2, 0.25) is 0 Å². The van der Waals surface area contributed by atoms with Crippen molar-refractivity contribution >= 4 is 11.9 Å². The summed E-state index contributed by atoms with van der Waals surface area (Å²) in [6.45, 7) is 5.29. The molecule has 0 aromatic rings. The van der Waals surface area contributed by atoms with Crippen LogP contribution in [0, 0.1) is 5.92 Å². The van der Waals surface area contributed by atoms with E-state index in [-0.39, 0.29) is 11.9 Å². The molecule has 0 rings (SSSR count). The number of hydrogen-bond donors (Lipinski definition) is 0. The molecule has 0 fully saturated rings. The maximum absolute atomic E-state index is 11.3. The summed E-state index contributed by atoms with van der Waals surface area (Å²) in [5.41, 5.74) is 0. The molecule has 0 saturated heterocycles. The molecule has 0 aromatic heterocycles. The summed E-state index contributed by atoms with van der Waals surface area (Å²) < 4.78 is 4.54. The van der Waals surface area contributed by atoms with Gasteiger partial charge in [-0.15, -0.1) is 0 Å². The summed E-state index contributed by atoms with van der Waals surface area (Å²) in [7, 11) is 0. The molecule has 0 radical (unpaired) electrons. The molecule has 0 aliphatic heterocycles. The summed E-state index contributed by atoms with van der Waals surface area (Å²) in [5, 5.41) is 0. The summed E-state index contributed by atoms with van der Waals surface area (Å²) in [4.78, 5) is 21.8. The second kappa shape index (κ2) is 6.63. The van der Waals surface area contributed by atoms with E-state index in [2.05, 4.69) is 4.74 Å². The first-order valence-electron chi connectivity index (χ1n) is 4.84. The lowest BCUT2D eigenvalue weighted by Gasteiger charge is -2.11. The van der Waals surface area contributed by atoms with Crippen molar-refractivity contribution in [1.82, 2.24) is 0 Å². The average molecular weight is 186 g/mol. The third-order valence-electron chi connectivity index (χ3n) is 1.85. The van der Waals surface area contributed by atoms with E-state index >= 15 is 0 Å². The molecule has 0 aromatic carbocycles. The highest BCUT2D eigenvalue weighted by Crippen LogP contribution is 2.15. The molecule has 0 heterocycles. The predicted molar refractivity (Wildman–Crippen MR) is 50.1 cm³/mol. The smallest absolute Gasteiger partial charge is 0.316 e. The van der Waals surface area contributed by atoms with Crippen molar-refractivity contribution in [3.63, 3.8) is 0 Å². The number of rotatable bonds is 5. The zero-order chi connectivity index (χ0) is 10.3. The first-order chi connectivity index (χ1) is 6.11. The van der Waals surface area contributed by atoms with E-state index < -0.39 is 5.97 Å². The van der Waals surface area contributed by atoms with Crippen LogP contribution >= 0.6 is 0 Å². The van der Waals surface area contributed by atoms with E-state index in [0.29, 0.717) is 0 Å². The minimum atomic E-state index is -0.512. The van der Waals surface area contributed by atoms with Crippen molar-refractivity contribution < 1.29 is 14.3 Å². The standard InChI is InChI=1S/C10H18O3/c1-4-6-9(7-5-2)10(12)13-8(3)11/h9H,4-7H2,1-3H3. The maximum Gasteiger partial charge on any atom is 0.316 e. The Morgan fingerprint density at radius 2 is 1.62 bits per heavy atom. The van der Waals surface area contributed by atoms with Crippen molar-refractivity contribution in [3.8, 4) is 0 Å². The van der Waals surface area contributed by atoms with Crippen molar-refractivity contribution in [2.75, 3.05) is 0 Å². The molecular formula is C10H18O3. The SMILES string of the molecule is CCCC(CCC)C(=O)OC(C)=O. The molecule has 3 heteroatoms. The molecule has 0 N–H and O–H groups in total. The Labute approximate surface area is 79.5 Å². The van der Waals surface area contributed by atoms with Crippen LogP contribution in [0.5, 0.6) is 0 Å². The number of ether oxygens (including phenoxy) is 1. The molecule has 76 valence electrons. The highest BCUT2D eigenvalue weighted by atomic mass is 16.6. The van der Waals surface area contributed by atoms with Gasteiger partial charge in [0.05, 0.1) is 5.92 Å². The van der Waals surface area contributed by atoms with Gasteiger partial charge in [-0.3, -0.25) is 9.59 Å². The van der Waals surface area contributed by atoms with Crippen LogP contribution < -0.4 is 0 Å². The van der Waals surface area contributed by atoms with Crippen LogP contribution in [0.1, 0.15) is 46.5 Å². The molecular weight excluding hydrogens is 168 g/mol. The normalized spacial score (nSPS) is 10.2. The van der Waals surface area contributed by atoms with Gasteiger partial charge >= 0.3 is 11.9 Å². The van der Waals surface area contributed by atoms with Gasteiger partial charge in [0.1, 0.15) is 0 Å². The largest absolute Gasteiger partial charge is 0.393 e. The van der Waals surface area contributed by atoms with Crippen LogP contribution in [0.25, 0.3) is 0 Å². The van der Waals surface area contributed by atoms with Gasteiger partial charge in [0.2, 0.25) is 0 Å². The van der Waals surface area contributed by atoms with Crippen molar-refractivity contribution in [3.05, 3.63) is 0 Å². The van der Waals surface area contributed by atoms with Gasteiger partial charge in [0.25, 0.3) is 0 Å². The van der Waals surface area contributed by atoms with Crippen molar-refractivity contribution in [1.29, 1.82) is 0 Å². The Morgan fingerprint density at radius 3 is 1.92 bits per heavy atom. The Hall–Kier alpha value is -0.860. The fourth-order valence-electron chi connectivity index (χ4n) is 1.30. The molecule has 0 amide bonds. The Morgan fingerprint density at radius 1 is 1.15 bits per heavy atom. The monoisotopic (exact) mass is 186 g/mol. The van der Waals surface area contributed by atoms with E-state index in [9.17, 15) is 9.59 Å². The van der Waals surface area contributed by atoms with Gasteiger partial charge in [0.15, 0.2) is 0 Å². The molecule has 0 spiro atoms. The number of carbonyl (C=O) groups excluding carboxylic acids is 2. The highest BCUT2D eigenvalue weighted by Gasteiger charge is 2.19. The minimum Gasteiger partial charge on any atom is -0.393 e. The molecule has 0 unspecified atom stereocenters. The number of esters is 2. The third-order valence-corrected chi connectivity index (χ3v) is 1.85. The molecule has 0 aliphatic carbocycles. The molecule has 0 saturated carbocycles. The van der Waals surface area contributed by atoms with Crippen LogP contribution in [0.3, 0.4) is 0 Å². The Bertz CT molecular complexity index is 169. The first kappa shape index (κ1) is 12.1. The highest BCUT2D eigenvalue weighted by molar-refractivity contribution is 5.85. The topological polar surface area (TPSA) is 43.4 Å². The van der Waals surface area contributed by atoms with Crippen molar-refractivity contribution in [2.45, 2.75) is 46.5 Å². The van der Waals surface area contributed by atoms with Crippen molar-refractivity contribution in [2.24, 2.45) is 5.92 Å². The second-order valence-electron chi connectivity index (χ2n) is 3.19. The number of carbonyl (C=O) groups is 2. The van der Waals surface area contributed by atoms with Gasteiger partial charge < -0.3 is 4.74 Å². The first-order valence-corrected chi connectivity index (χ1v) is 4.84. The van der Waals surface area contributed by atoms with Crippen LogP contribution in [0.15, 0.2) is 0 Å². The fourth-order valence-corrected chi connectivity index (χ4v) is 1.30. The minimum absolute atomic E-state index is 0.0982. The molecule has 0 atom stereocenters. The van der Waals surface area contributed by atoms with Gasteiger partial charge in [0, 0.05) is 6.92 Å². The maximum atomic E-state index is 11.3. The Kier molecular flexibility index (Phi) is 6.20. The fraction of sp³-hybridized carbons (Fsp3) is 0.800. The molecule has 0 bridgehead atoms. The van der Waals surface area contributed by atoms with E-state index in [4.69, 9.17) is 0 Å². The van der Waals surface area contributed by atoms with E-state index in [0.717, 1.165) is 25.7 Å². The van der Waals surface area contributed by atoms with Gasteiger partial charge in [-0.05, 0) is 12.8 Å². The summed E-state index contributed by atoms with van der Waals surface area (Å²) in [5.74, 6) is -0.975. The van der Waals surface area contributed by atoms with E-state index in [1.165, 1.54) is 6.92 Å². The van der Waals surface area contributed by atoms with Gasteiger partial charge in [-0.2, -0.15) is 0 Å². The van der Waals surface area contributed by atoms with E-state index in [1.807, 2.05) is 13.8 Å². The number of hydrogen-bond acceptors (Lipinski definition) is 3. The summed E-state index contributed by atoms with van der Waals surface area (Å²) in [6, 6.07) is 0. The Balaban J connectivity index is 4.02. The molecule has 0 aliphatic rings.